The summed E-state index contributed by atoms with van der Waals surface area (Å²) in [5.74, 6) is 0.524. The molecule has 0 atom stereocenters. The molecule has 0 saturated heterocycles. The number of hydrogen-bond donors (Lipinski definition) is 0. The molecule has 0 unspecified atom stereocenters. The first-order valence-electron chi connectivity index (χ1n) is 8.15. The molecule has 26 heavy (non-hydrogen) atoms. The van der Waals surface area contributed by atoms with E-state index in [0.717, 1.165) is 21.3 Å². The summed E-state index contributed by atoms with van der Waals surface area (Å²) in [5.41, 5.74) is 3.88. The van der Waals surface area contributed by atoms with Gasteiger partial charge in [-0.25, -0.2) is 9.97 Å². The molecule has 6 heteroatoms. The highest BCUT2D eigenvalue weighted by Gasteiger charge is 2.14. The average molecular weight is 407 g/mol. The molecule has 4 rings (SSSR count). The normalized spacial score (nSPS) is 11.0. The molecule has 0 bridgehead atoms. The zero-order valence-corrected chi connectivity index (χ0v) is 15.6. The first-order valence-corrected chi connectivity index (χ1v) is 8.95. The number of carbonyl (C=O) groups is 1. The van der Waals surface area contributed by atoms with Gasteiger partial charge in [0.05, 0.1) is 17.8 Å². The predicted molar refractivity (Wildman–Crippen MR) is 103 cm³/mol. The maximum atomic E-state index is 12.6. The number of benzene rings is 1. The van der Waals surface area contributed by atoms with Crippen LogP contribution in [-0.2, 0) is 6.42 Å². The van der Waals surface area contributed by atoms with Gasteiger partial charge < -0.3 is 0 Å². The Morgan fingerprint density at radius 1 is 1.15 bits per heavy atom. The van der Waals surface area contributed by atoms with E-state index in [1.54, 1.807) is 6.20 Å². The fourth-order valence-corrected chi connectivity index (χ4v) is 3.28. The minimum Gasteiger partial charge on any atom is -0.292 e. The Morgan fingerprint density at radius 2 is 1.96 bits per heavy atom. The van der Waals surface area contributed by atoms with Crippen LogP contribution in [0.25, 0.3) is 17.0 Å². The Balaban J connectivity index is 1.62. The maximum Gasteiger partial charge on any atom is 0.234 e. The lowest BCUT2D eigenvalue weighted by molar-refractivity contribution is 0.0986. The molecule has 0 fully saturated rings. The molecule has 0 N–H and O–H groups in total. The van der Waals surface area contributed by atoms with Crippen molar-refractivity contribution >= 4 is 27.5 Å². The number of aromatic nitrogens is 4. The largest absolute Gasteiger partial charge is 0.292 e. The third-order valence-corrected chi connectivity index (χ3v) is 4.54. The van der Waals surface area contributed by atoms with E-state index < -0.39 is 0 Å². The molecule has 0 amide bonds. The molecule has 0 spiro atoms. The SMILES string of the molecule is Cc1cc(Br)cnc1C(=O)Cc1ccn2cc(-c3ccccc3)nc2n1. The number of hydrogen-bond acceptors (Lipinski definition) is 4. The number of imidazole rings is 1. The number of nitrogens with zero attached hydrogens (tertiary/aromatic N) is 4. The van der Waals surface area contributed by atoms with Crippen LogP contribution in [-0.4, -0.2) is 25.1 Å². The molecule has 0 saturated carbocycles. The van der Waals surface area contributed by atoms with Gasteiger partial charge in [0.15, 0.2) is 5.78 Å². The fraction of sp³-hybridized carbons (Fsp3) is 0.100. The average Bonchev–Trinajstić information content (AvgIpc) is 3.05. The highest BCUT2D eigenvalue weighted by Crippen LogP contribution is 2.19. The van der Waals surface area contributed by atoms with Crippen molar-refractivity contribution in [1.82, 2.24) is 19.4 Å². The quantitative estimate of drug-likeness (QED) is 0.474. The Hall–Kier alpha value is -2.86. The Morgan fingerprint density at radius 3 is 2.73 bits per heavy atom. The molecule has 5 nitrogen and oxygen atoms in total. The van der Waals surface area contributed by atoms with Gasteiger partial charge in [0, 0.05) is 28.6 Å². The number of ketones is 1. The van der Waals surface area contributed by atoms with Gasteiger partial charge in [-0.2, -0.15) is 0 Å². The highest BCUT2D eigenvalue weighted by atomic mass is 79.9. The molecule has 0 radical (unpaired) electrons. The number of fused-ring (bicyclic) bond motifs is 1. The van der Waals surface area contributed by atoms with Gasteiger partial charge in [-0.15, -0.1) is 0 Å². The van der Waals surface area contributed by atoms with Gasteiger partial charge >= 0.3 is 0 Å². The van der Waals surface area contributed by atoms with Crippen molar-refractivity contribution in [1.29, 1.82) is 0 Å². The van der Waals surface area contributed by atoms with Crippen LogP contribution >= 0.6 is 15.9 Å². The van der Waals surface area contributed by atoms with Crippen molar-refractivity contribution in [3.05, 3.63) is 82.5 Å². The second-order valence-electron chi connectivity index (χ2n) is 6.04. The number of Topliss-reactive ketones (excluding diaryl/α,β-unsaturated/α-hetero) is 1. The number of carbonyl (C=O) groups excluding carboxylic acids is 1. The molecule has 0 aliphatic heterocycles. The third kappa shape index (κ3) is 3.28. The monoisotopic (exact) mass is 406 g/mol. The molecule has 4 aromatic rings. The molecule has 0 aliphatic carbocycles. The maximum absolute atomic E-state index is 12.6. The van der Waals surface area contributed by atoms with Crippen LogP contribution in [0.4, 0.5) is 0 Å². The molecule has 3 aromatic heterocycles. The second-order valence-corrected chi connectivity index (χ2v) is 6.95. The zero-order valence-electron chi connectivity index (χ0n) is 14.1. The van der Waals surface area contributed by atoms with E-state index in [0.29, 0.717) is 17.2 Å². The van der Waals surface area contributed by atoms with Gasteiger partial charge in [0.2, 0.25) is 5.78 Å². The smallest absolute Gasteiger partial charge is 0.234 e. The van der Waals surface area contributed by atoms with Crippen LogP contribution in [0.3, 0.4) is 0 Å². The summed E-state index contributed by atoms with van der Waals surface area (Å²) in [5, 5.41) is 0. The summed E-state index contributed by atoms with van der Waals surface area (Å²) in [4.78, 5) is 25.9. The van der Waals surface area contributed by atoms with E-state index in [1.807, 2.05) is 66.2 Å². The van der Waals surface area contributed by atoms with Crippen molar-refractivity contribution < 1.29 is 4.79 Å². The molecule has 1 aromatic carbocycles. The summed E-state index contributed by atoms with van der Waals surface area (Å²) in [6.07, 6.45) is 5.65. The summed E-state index contributed by atoms with van der Waals surface area (Å²) >= 11 is 3.36. The van der Waals surface area contributed by atoms with Crippen LogP contribution < -0.4 is 0 Å². The van der Waals surface area contributed by atoms with Crippen molar-refractivity contribution in [3.8, 4) is 11.3 Å². The van der Waals surface area contributed by atoms with Crippen molar-refractivity contribution in [2.75, 3.05) is 0 Å². The zero-order chi connectivity index (χ0) is 18.1. The standard InChI is InChI=1S/C20H15BrN4O/c1-13-9-15(21)11-22-19(13)18(26)10-16-7-8-25-12-17(24-20(25)23-16)14-5-3-2-4-6-14/h2-9,11-12H,10H2,1H3. The topological polar surface area (TPSA) is 60.2 Å². The van der Waals surface area contributed by atoms with Gasteiger partial charge in [0.25, 0.3) is 0 Å². The van der Waals surface area contributed by atoms with Gasteiger partial charge in [-0.05, 0) is 40.5 Å². The third-order valence-electron chi connectivity index (χ3n) is 4.10. The Bertz CT molecular complexity index is 1110. The first-order chi connectivity index (χ1) is 12.6. The van der Waals surface area contributed by atoms with E-state index in [9.17, 15) is 4.79 Å². The Kier molecular flexibility index (Phi) is 4.34. The van der Waals surface area contributed by atoms with E-state index >= 15 is 0 Å². The van der Waals surface area contributed by atoms with E-state index in [2.05, 4.69) is 30.9 Å². The summed E-state index contributed by atoms with van der Waals surface area (Å²) in [6, 6.07) is 13.7. The van der Waals surface area contributed by atoms with E-state index in [4.69, 9.17) is 0 Å². The molecule has 0 aliphatic rings. The molecular weight excluding hydrogens is 392 g/mol. The summed E-state index contributed by atoms with van der Waals surface area (Å²) < 4.78 is 2.72. The van der Waals surface area contributed by atoms with Gasteiger partial charge in [0.1, 0.15) is 5.69 Å². The van der Waals surface area contributed by atoms with Crippen LogP contribution in [0.2, 0.25) is 0 Å². The fourth-order valence-electron chi connectivity index (χ4n) is 2.84. The van der Waals surface area contributed by atoms with Crippen LogP contribution in [0.5, 0.6) is 0 Å². The van der Waals surface area contributed by atoms with Gasteiger partial charge in [-0.1, -0.05) is 30.3 Å². The molecule has 128 valence electrons. The summed E-state index contributed by atoms with van der Waals surface area (Å²) in [6.45, 7) is 1.88. The highest BCUT2D eigenvalue weighted by molar-refractivity contribution is 9.10. The Labute approximate surface area is 158 Å². The number of pyridine rings is 1. The van der Waals surface area contributed by atoms with Crippen molar-refractivity contribution in [2.24, 2.45) is 0 Å². The first kappa shape index (κ1) is 16.6. The molecule has 3 heterocycles. The van der Waals surface area contributed by atoms with Crippen LogP contribution in [0.1, 0.15) is 21.7 Å². The number of halogens is 1. The number of aryl methyl sites for hydroxylation is 1. The number of rotatable bonds is 4. The van der Waals surface area contributed by atoms with E-state index in [1.165, 1.54) is 0 Å². The van der Waals surface area contributed by atoms with Crippen LogP contribution in [0.15, 0.2) is 65.5 Å². The van der Waals surface area contributed by atoms with Crippen molar-refractivity contribution in [2.45, 2.75) is 13.3 Å². The minimum atomic E-state index is -0.0540. The van der Waals surface area contributed by atoms with Crippen LogP contribution in [0, 0.1) is 6.92 Å². The minimum absolute atomic E-state index is 0.0540. The lowest BCUT2D eigenvalue weighted by Gasteiger charge is -2.04. The second kappa shape index (κ2) is 6.80. The van der Waals surface area contributed by atoms with Crippen molar-refractivity contribution in [3.63, 3.8) is 0 Å². The van der Waals surface area contributed by atoms with E-state index in [-0.39, 0.29) is 12.2 Å². The summed E-state index contributed by atoms with van der Waals surface area (Å²) in [7, 11) is 0. The predicted octanol–water partition coefficient (Wildman–Crippen LogP) is 4.29. The van der Waals surface area contributed by atoms with Gasteiger partial charge in [-0.3, -0.25) is 14.2 Å². The lowest BCUT2D eigenvalue weighted by atomic mass is 10.1. The lowest BCUT2D eigenvalue weighted by Crippen LogP contribution is -2.09. The molecular formula is C20H15BrN4O.